The number of aliphatic hydroxyl groups is 1. The zero-order valence-corrected chi connectivity index (χ0v) is 20.9. The summed E-state index contributed by atoms with van der Waals surface area (Å²) in [5.74, 6) is -1.60. The largest absolute Gasteiger partial charge is 0.507 e. The molecule has 1 amide bonds. The SMILES string of the molecule is COCCN1C(=O)C(=O)/C(=C(/O)c2cc(C(C)(C)C)ccc2OC)C1c1ccc(OC(C)=O)cc1. The molecule has 0 bridgehead atoms. The first-order chi connectivity index (χ1) is 16.5. The predicted octanol–water partition coefficient (Wildman–Crippen LogP) is 3.99. The van der Waals surface area contributed by atoms with E-state index < -0.39 is 23.7 Å². The van der Waals surface area contributed by atoms with Crippen LogP contribution < -0.4 is 9.47 Å². The maximum atomic E-state index is 13.2. The monoisotopic (exact) mass is 481 g/mol. The number of methoxy groups -OCH3 is 2. The molecule has 0 aliphatic carbocycles. The normalized spacial score (nSPS) is 17.5. The number of Topliss-reactive ketones (excluding diaryl/α,β-unsaturated/α-hetero) is 1. The molecule has 1 unspecified atom stereocenters. The van der Waals surface area contributed by atoms with Gasteiger partial charge in [0.25, 0.3) is 11.7 Å². The van der Waals surface area contributed by atoms with Crippen LogP contribution in [-0.4, -0.2) is 55.0 Å². The lowest BCUT2D eigenvalue weighted by molar-refractivity contribution is -0.140. The van der Waals surface area contributed by atoms with Crippen LogP contribution in [0, 0.1) is 0 Å². The number of aliphatic hydroxyl groups excluding tert-OH is 1. The van der Waals surface area contributed by atoms with E-state index in [1.807, 2.05) is 26.8 Å². The lowest BCUT2D eigenvalue weighted by atomic mass is 9.85. The Morgan fingerprint density at radius 2 is 1.71 bits per heavy atom. The van der Waals surface area contributed by atoms with Gasteiger partial charge < -0.3 is 24.2 Å². The molecule has 8 nitrogen and oxygen atoms in total. The van der Waals surface area contributed by atoms with Crippen LogP contribution in [0.2, 0.25) is 0 Å². The molecule has 1 heterocycles. The molecule has 186 valence electrons. The van der Waals surface area contributed by atoms with Crippen molar-refractivity contribution < 1.29 is 33.7 Å². The number of nitrogens with zero attached hydrogens (tertiary/aromatic N) is 1. The molecule has 0 saturated carbocycles. The van der Waals surface area contributed by atoms with Crippen LogP contribution in [-0.2, 0) is 24.5 Å². The average molecular weight is 482 g/mol. The van der Waals surface area contributed by atoms with Crippen LogP contribution in [0.5, 0.6) is 11.5 Å². The van der Waals surface area contributed by atoms with Gasteiger partial charge in [0.2, 0.25) is 0 Å². The van der Waals surface area contributed by atoms with E-state index in [1.165, 1.54) is 26.0 Å². The smallest absolute Gasteiger partial charge is 0.308 e. The van der Waals surface area contributed by atoms with Crippen molar-refractivity contribution in [3.05, 3.63) is 64.7 Å². The van der Waals surface area contributed by atoms with Crippen molar-refractivity contribution >= 4 is 23.4 Å². The first-order valence-electron chi connectivity index (χ1n) is 11.2. The highest BCUT2D eigenvalue weighted by molar-refractivity contribution is 6.46. The summed E-state index contributed by atoms with van der Waals surface area (Å²) >= 11 is 0. The number of benzene rings is 2. The molecule has 0 aromatic heterocycles. The predicted molar refractivity (Wildman–Crippen MR) is 130 cm³/mol. The molecule has 1 N–H and O–H groups in total. The minimum absolute atomic E-state index is 0.0456. The van der Waals surface area contributed by atoms with Crippen molar-refractivity contribution in [2.45, 2.75) is 39.2 Å². The van der Waals surface area contributed by atoms with Crippen molar-refractivity contribution in [2.75, 3.05) is 27.4 Å². The average Bonchev–Trinajstić information content (AvgIpc) is 3.06. The van der Waals surface area contributed by atoms with E-state index in [9.17, 15) is 19.5 Å². The maximum absolute atomic E-state index is 13.2. The second-order valence-corrected chi connectivity index (χ2v) is 9.31. The molecule has 2 aromatic rings. The number of hydrogen-bond donors (Lipinski definition) is 1. The summed E-state index contributed by atoms with van der Waals surface area (Å²) in [5.41, 5.74) is 1.55. The highest BCUT2D eigenvalue weighted by atomic mass is 16.5. The zero-order chi connectivity index (χ0) is 25.9. The van der Waals surface area contributed by atoms with Gasteiger partial charge in [-0.15, -0.1) is 0 Å². The summed E-state index contributed by atoms with van der Waals surface area (Å²) in [5, 5.41) is 11.5. The molecule has 2 aromatic carbocycles. The van der Waals surface area contributed by atoms with Gasteiger partial charge in [0.1, 0.15) is 17.3 Å². The third kappa shape index (κ3) is 5.38. The van der Waals surface area contributed by atoms with Gasteiger partial charge in [-0.2, -0.15) is 0 Å². The standard InChI is InChI=1S/C27H31NO7/c1-16(29)35-19-10-7-17(8-11-19)23-22(25(31)26(32)28(23)13-14-33-5)24(30)20-15-18(27(2,3)4)9-12-21(20)34-6/h7-12,15,23,30H,13-14H2,1-6H3/b24-22+. The molecule has 3 rings (SSSR count). The summed E-state index contributed by atoms with van der Waals surface area (Å²) in [4.78, 5) is 38.9. The highest BCUT2D eigenvalue weighted by Crippen LogP contribution is 2.42. The minimum atomic E-state index is -0.862. The summed E-state index contributed by atoms with van der Waals surface area (Å²) in [6, 6.07) is 11.0. The lowest BCUT2D eigenvalue weighted by Gasteiger charge is -2.25. The van der Waals surface area contributed by atoms with E-state index >= 15 is 0 Å². The molecule has 1 fully saturated rings. The fourth-order valence-corrected chi connectivity index (χ4v) is 4.04. The first-order valence-corrected chi connectivity index (χ1v) is 11.2. The van der Waals surface area contributed by atoms with Gasteiger partial charge in [0.15, 0.2) is 0 Å². The Balaban J connectivity index is 2.21. The van der Waals surface area contributed by atoms with Gasteiger partial charge in [0, 0.05) is 20.6 Å². The molecular formula is C27H31NO7. The van der Waals surface area contributed by atoms with Gasteiger partial charge in [-0.1, -0.05) is 39.0 Å². The Hall–Kier alpha value is -3.65. The second-order valence-electron chi connectivity index (χ2n) is 9.31. The molecule has 0 spiro atoms. The fourth-order valence-electron chi connectivity index (χ4n) is 4.04. The van der Waals surface area contributed by atoms with Crippen LogP contribution in [0.15, 0.2) is 48.0 Å². The molecule has 8 heteroatoms. The number of amides is 1. The zero-order valence-electron chi connectivity index (χ0n) is 20.9. The van der Waals surface area contributed by atoms with Crippen LogP contribution in [0.4, 0.5) is 0 Å². The van der Waals surface area contributed by atoms with E-state index in [0.717, 1.165) is 5.56 Å². The van der Waals surface area contributed by atoms with Gasteiger partial charge in [-0.25, -0.2) is 0 Å². The van der Waals surface area contributed by atoms with E-state index in [2.05, 4.69) is 0 Å². The van der Waals surface area contributed by atoms with Crippen LogP contribution >= 0.6 is 0 Å². The number of ketones is 1. The number of carbonyl (C=O) groups is 3. The Morgan fingerprint density at radius 1 is 1.06 bits per heavy atom. The Bertz CT molecular complexity index is 1160. The van der Waals surface area contributed by atoms with Crippen molar-refractivity contribution in [1.29, 1.82) is 0 Å². The van der Waals surface area contributed by atoms with E-state index in [1.54, 1.807) is 36.4 Å². The second kappa shape index (κ2) is 10.3. The molecule has 1 aliphatic heterocycles. The Labute approximate surface area is 205 Å². The number of esters is 1. The highest BCUT2D eigenvalue weighted by Gasteiger charge is 2.46. The summed E-state index contributed by atoms with van der Waals surface area (Å²) < 4.78 is 15.7. The van der Waals surface area contributed by atoms with Crippen LogP contribution in [0.25, 0.3) is 5.76 Å². The fraction of sp³-hybridized carbons (Fsp3) is 0.370. The number of ether oxygens (including phenoxy) is 3. The molecule has 1 aliphatic rings. The molecule has 0 radical (unpaired) electrons. The summed E-state index contributed by atoms with van der Waals surface area (Å²) in [6.07, 6.45) is 0. The summed E-state index contributed by atoms with van der Waals surface area (Å²) in [7, 11) is 2.98. The number of carbonyl (C=O) groups excluding carboxylic acids is 3. The third-order valence-electron chi connectivity index (χ3n) is 5.85. The van der Waals surface area contributed by atoms with Crippen molar-refractivity contribution in [3.63, 3.8) is 0 Å². The number of likely N-dealkylation sites (tertiary alicyclic amines) is 1. The van der Waals surface area contributed by atoms with Crippen molar-refractivity contribution in [2.24, 2.45) is 0 Å². The first kappa shape index (κ1) is 26.0. The van der Waals surface area contributed by atoms with Crippen LogP contribution in [0.1, 0.15) is 50.4 Å². The Morgan fingerprint density at radius 3 is 2.26 bits per heavy atom. The van der Waals surface area contributed by atoms with Crippen molar-refractivity contribution in [3.8, 4) is 11.5 Å². The molecule has 1 atom stereocenters. The Kier molecular flexibility index (Phi) is 7.65. The molecule has 35 heavy (non-hydrogen) atoms. The number of hydrogen-bond acceptors (Lipinski definition) is 7. The minimum Gasteiger partial charge on any atom is -0.507 e. The van der Waals surface area contributed by atoms with Crippen molar-refractivity contribution in [1.82, 2.24) is 4.90 Å². The molecule has 1 saturated heterocycles. The van der Waals surface area contributed by atoms with Gasteiger partial charge in [0.05, 0.1) is 30.9 Å². The maximum Gasteiger partial charge on any atom is 0.308 e. The van der Waals surface area contributed by atoms with E-state index in [4.69, 9.17) is 14.2 Å². The number of rotatable bonds is 7. The topological polar surface area (TPSA) is 102 Å². The lowest BCUT2D eigenvalue weighted by Crippen LogP contribution is -2.32. The van der Waals surface area contributed by atoms with Crippen LogP contribution in [0.3, 0.4) is 0 Å². The van der Waals surface area contributed by atoms with E-state index in [0.29, 0.717) is 22.6 Å². The summed E-state index contributed by atoms with van der Waals surface area (Å²) in [6.45, 7) is 7.75. The van der Waals surface area contributed by atoms with Gasteiger partial charge >= 0.3 is 5.97 Å². The molecular weight excluding hydrogens is 450 g/mol. The third-order valence-corrected chi connectivity index (χ3v) is 5.85. The van der Waals surface area contributed by atoms with Gasteiger partial charge in [-0.05, 0) is 40.8 Å². The quantitative estimate of drug-likeness (QED) is 0.210. The van der Waals surface area contributed by atoms with Gasteiger partial charge in [-0.3, -0.25) is 14.4 Å². The van der Waals surface area contributed by atoms with E-state index in [-0.39, 0.29) is 29.9 Å².